The van der Waals surface area contributed by atoms with E-state index in [9.17, 15) is 4.79 Å². The zero-order chi connectivity index (χ0) is 14.9. The Morgan fingerprint density at radius 3 is 2.95 bits per heavy atom. The average Bonchev–Trinajstić information content (AvgIpc) is 3.26. The highest BCUT2D eigenvalue weighted by atomic mass is 16.5. The first-order valence-corrected chi connectivity index (χ1v) is 7.61. The fraction of sp³-hybridized carbons (Fsp3) is 0.529. The van der Waals surface area contributed by atoms with Crippen LogP contribution in [0.15, 0.2) is 24.3 Å². The summed E-state index contributed by atoms with van der Waals surface area (Å²) in [4.78, 5) is 12.1. The van der Waals surface area contributed by atoms with E-state index in [1.807, 2.05) is 18.2 Å². The second-order valence-corrected chi connectivity index (χ2v) is 6.01. The van der Waals surface area contributed by atoms with Crippen LogP contribution in [-0.4, -0.2) is 19.1 Å². The highest BCUT2D eigenvalue weighted by Gasteiger charge is 2.44. The van der Waals surface area contributed by atoms with E-state index in [4.69, 9.17) is 10.00 Å². The molecule has 2 aliphatic rings. The van der Waals surface area contributed by atoms with Crippen molar-refractivity contribution < 1.29 is 9.53 Å². The van der Waals surface area contributed by atoms with Gasteiger partial charge in [-0.1, -0.05) is 25.5 Å². The van der Waals surface area contributed by atoms with Crippen LogP contribution in [0.1, 0.15) is 37.3 Å². The molecule has 1 amide bonds. The molecule has 1 N–H and O–H groups in total. The van der Waals surface area contributed by atoms with Gasteiger partial charge in [-0.15, -0.1) is 0 Å². The normalized spacial score (nSPS) is 30.1. The molecular formula is C17H20N2O2. The Bertz CT molecular complexity index is 587. The van der Waals surface area contributed by atoms with Gasteiger partial charge in [0.1, 0.15) is 5.60 Å². The van der Waals surface area contributed by atoms with E-state index in [1.54, 1.807) is 6.07 Å². The molecule has 1 aromatic rings. The van der Waals surface area contributed by atoms with E-state index in [2.05, 4.69) is 18.3 Å². The van der Waals surface area contributed by atoms with E-state index in [0.717, 1.165) is 24.8 Å². The van der Waals surface area contributed by atoms with Gasteiger partial charge in [0.25, 0.3) is 0 Å². The third-order valence-electron chi connectivity index (χ3n) is 4.73. The largest absolute Gasteiger partial charge is 0.368 e. The average molecular weight is 284 g/mol. The van der Waals surface area contributed by atoms with Crippen molar-refractivity contribution in [2.24, 2.45) is 11.8 Å². The van der Waals surface area contributed by atoms with Crippen LogP contribution >= 0.6 is 0 Å². The number of ether oxygens (including phenoxy) is 1. The van der Waals surface area contributed by atoms with Crippen LogP contribution in [0, 0.1) is 23.2 Å². The first-order chi connectivity index (χ1) is 10.2. The van der Waals surface area contributed by atoms with Crippen LogP contribution in [-0.2, 0) is 15.1 Å². The third-order valence-corrected chi connectivity index (χ3v) is 4.73. The smallest absolute Gasteiger partial charge is 0.223 e. The van der Waals surface area contributed by atoms with Crippen LogP contribution in [0.4, 0.5) is 0 Å². The lowest BCUT2D eigenvalue weighted by molar-refractivity contribution is -0.155. The predicted octanol–water partition coefficient (Wildman–Crippen LogP) is 2.34. The van der Waals surface area contributed by atoms with E-state index in [-0.39, 0.29) is 11.8 Å². The number of carbonyl (C=O) groups excluding carboxylic acids is 1. The van der Waals surface area contributed by atoms with Crippen LogP contribution in [0.3, 0.4) is 0 Å². The predicted molar refractivity (Wildman–Crippen MR) is 78.3 cm³/mol. The topological polar surface area (TPSA) is 62.1 Å². The lowest BCUT2D eigenvalue weighted by atomic mass is 9.85. The van der Waals surface area contributed by atoms with Gasteiger partial charge in [-0.05, 0) is 30.0 Å². The Kier molecular flexibility index (Phi) is 3.69. The maximum absolute atomic E-state index is 12.1. The molecule has 0 spiro atoms. The van der Waals surface area contributed by atoms with Gasteiger partial charge in [0.15, 0.2) is 0 Å². The van der Waals surface area contributed by atoms with E-state index < -0.39 is 5.60 Å². The lowest BCUT2D eigenvalue weighted by Crippen LogP contribution is -2.50. The molecule has 1 saturated heterocycles. The molecule has 4 heteroatoms. The lowest BCUT2D eigenvalue weighted by Gasteiger charge is -2.42. The summed E-state index contributed by atoms with van der Waals surface area (Å²) in [5.74, 6) is 0.899. The molecule has 4 nitrogen and oxygen atoms in total. The van der Waals surface area contributed by atoms with Gasteiger partial charge in [0.2, 0.25) is 5.91 Å². The quantitative estimate of drug-likeness (QED) is 0.902. The maximum atomic E-state index is 12.1. The highest BCUT2D eigenvalue weighted by Crippen LogP contribution is 2.42. The minimum atomic E-state index is -0.445. The van der Waals surface area contributed by atoms with Crippen molar-refractivity contribution in [3.05, 3.63) is 35.4 Å². The minimum Gasteiger partial charge on any atom is -0.368 e. The number of benzene rings is 1. The second-order valence-electron chi connectivity index (χ2n) is 6.01. The Balaban J connectivity index is 1.67. The van der Waals surface area contributed by atoms with Gasteiger partial charge >= 0.3 is 0 Å². The Labute approximate surface area is 125 Å². The molecule has 0 aromatic heterocycles. The molecule has 3 atom stereocenters. The molecular weight excluding hydrogens is 264 g/mol. The summed E-state index contributed by atoms with van der Waals surface area (Å²) in [5, 5.41) is 12.1. The summed E-state index contributed by atoms with van der Waals surface area (Å²) in [6.45, 7) is 3.32. The van der Waals surface area contributed by atoms with Crippen molar-refractivity contribution in [1.29, 1.82) is 5.26 Å². The minimum absolute atomic E-state index is 0.146. The summed E-state index contributed by atoms with van der Waals surface area (Å²) in [7, 11) is 0. The van der Waals surface area contributed by atoms with Crippen molar-refractivity contribution in [3.63, 3.8) is 0 Å². The monoisotopic (exact) mass is 284 g/mol. The molecule has 1 heterocycles. The van der Waals surface area contributed by atoms with Crippen LogP contribution in [0.25, 0.3) is 0 Å². The molecule has 0 bridgehead atoms. The Hall–Kier alpha value is -1.86. The molecule has 1 saturated carbocycles. The van der Waals surface area contributed by atoms with Gasteiger partial charge in [0, 0.05) is 12.3 Å². The first-order valence-electron chi connectivity index (χ1n) is 7.61. The fourth-order valence-electron chi connectivity index (χ4n) is 3.07. The van der Waals surface area contributed by atoms with Gasteiger partial charge < -0.3 is 10.1 Å². The van der Waals surface area contributed by atoms with Gasteiger partial charge in [-0.25, -0.2) is 0 Å². The SMILES string of the molecule is CC[C@H]1C[C@@H]1C(=O)NC[C@@]1(c2cccc(C#N)c2)CCO1. The first kappa shape index (κ1) is 14.1. The fourth-order valence-corrected chi connectivity index (χ4v) is 3.07. The van der Waals surface area contributed by atoms with Crippen molar-refractivity contribution in [2.45, 2.75) is 31.8 Å². The molecule has 0 unspecified atom stereocenters. The number of rotatable bonds is 5. The number of hydrogen-bond acceptors (Lipinski definition) is 3. The van der Waals surface area contributed by atoms with Crippen molar-refractivity contribution in [1.82, 2.24) is 5.32 Å². The van der Waals surface area contributed by atoms with Gasteiger partial charge in [-0.2, -0.15) is 5.26 Å². The van der Waals surface area contributed by atoms with Gasteiger partial charge in [0.05, 0.1) is 24.8 Å². The van der Waals surface area contributed by atoms with Crippen LogP contribution in [0.5, 0.6) is 0 Å². The van der Waals surface area contributed by atoms with E-state index >= 15 is 0 Å². The zero-order valence-corrected chi connectivity index (χ0v) is 12.3. The molecule has 1 aliphatic heterocycles. The summed E-state index contributed by atoms with van der Waals surface area (Å²) < 4.78 is 5.78. The molecule has 0 radical (unpaired) electrons. The van der Waals surface area contributed by atoms with Crippen LogP contribution in [0.2, 0.25) is 0 Å². The molecule has 1 aromatic carbocycles. The van der Waals surface area contributed by atoms with Crippen molar-refractivity contribution >= 4 is 5.91 Å². The third kappa shape index (κ3) is 2.66. The highest BCUT2D eigenvalue weighted by molar-refractivity contribution is 5.81. The van der Waals surface area contributed by atoms with Crippen LogP contribution < -0.4 is 5.32 Å². The molecule has 1 aliphatic carbocycles. The number of hydrogen-bond donors (Lipinski definition) is 1. The summed E-state index contributed by atoms with van der Waals surface area (Å²) in [6, 6.07) is 9.63. The zero-order valence-electron chi connectivity index (χ0n) is 12.3. The number of amides is 1. The molecule has 21 heavy (non-hydrogen) atoms. The standard InChI is InChI=1S/C17H20N2O2/c1-2-13-9-15(13)16(20)19-11-17(6-7-21-17)14-5-3-4-12(8-14)10-18/h3-5,8,13,15H,2,6-7,9,11H2,1H3,(H,19,20)/t13-,15-,17+/m0/s1. The summed E-state index contributed by atoms with van der Waals surface area (Å²) >= 11 is 0. The number of nitrogens with zero attached hydrogens (tertiary/aromatic N) is 1. The van der Waals surface area contributed by atoms with E-state index in [1.165, 1.54) is 0 Å². The number of carbonyl (C=O) groups is 1. The number of nitrogens with one attached hydrogen (secondary N) is 1. The molecule has 3 rings (SSSR count). The van der Waals surface area contributed by atoms with Crippen molar-refractivity contribution in [3.8, 4) is 6.07 Å². The second kappa shape index (κ2) is 5.50. The summed E-state index contributed by atoms with van der Waals surface area (Å²) in [6.07, 6.45) is 2.97. The Morgan fingerprint density at radius 2 is 2.38 bits per heavy atom. The Morgan fingerprint density at radius 1 is 1.57 bits per heavy atom. The van der Waals surface area contributed by atoms with Crippen molar-refractivity contribution in [2.75, 3.05) is 13.2 Å². The number of nitriles is 1. The van der Waals surface area contributed by atoms with E-state index in [0.29, 0.717) is 24.6 Å². The molecule has 110 valence electrons. The molecule has 2 fully saturated rings. The summed E-state index contributed by atoms with van der Waals surface area (Å²) in [5.41, 5.74) is 1.16. The van der Waals surface area contributed by atoms with Gasteiger partial charge in [-0.3, -0.25) is 4.79 Å². The maximum Gasteiger partial charge on any atom is 0.223 e.